The van der Waals surface area contributed by atoms with Gasteiger partial charge in [-0.05, 0) is 25.1 Å². The molecule has 0 fully saturated rings. The van der Waals surface area contributed by atoms with Gasteiger partial charge in [-0.1, -0.05) is 23.2 Å². The highest BCUT2D eigenvalue weighted by molar-refractivity contribution is 6.35. The maximum Gasteiger partial charge on any atom is 0.328 e. The zero-order chi connectivity index (χ0) is 13.7. The highest BCUT2D eigenvalue weighted by Crippen LogP contribution is 2.22. The van der Waals surface area contributed by atoms with E-state index in [1.54, 1.807) is 6.07 Å². The highest BCUT2D eigenvalue weighted by atomic mass is 35.5. The highest BCUT2D eigenvalue weighted by Gasteiger charge is 2.15. The van der Waals surface area contributed by atoms with Gasteiger partial charge in [-0.3, -0.25) is 0 Å². The second-order valence-corrected chi connectivity index (χ2v) is 4.37. The van der Waals surface area contributed by atoms with E-state index in [1.165, 1.54) is 26.2 Å². The lowest BCUT2D eigenvalue weighted by Gasteiger charge is -2.12. The number of benzene rings is 1. The first-order valence-corrected chi connectivity index (χ1v) is 5.79. The van der Waals surface area contributed by atoms with Crippen LogP contribution < -0.4 is 10.6 Å². The largest absolute Gasteiger partial charge is 0.467 e. The summed E-state index contributed by atoms with van der Waals surface area (Å²) in [6.07, 6.45) is 0. The number of nitrogens with one attached hydrogen (secondary N) is 2. The summed E-state index contributed by atoms with van der Waals surface area (Å²) in [7, 11) is 1.25. The third-order valence-electron chi connectivity index (χ3n) is 2.02. The molecule has 18 heavy (non-hydrogen) atoms. The van der Waals surface area contributed by atoms with Gasteiger partial charge in [0.1, 0.15) is 6.04 Å². The number of hydrogen-bond acceptors (Lipinski definition) is 3. The molecule has 0 aromatic heterocycles. The van der Waals surface area contributed by atoms with Crippen molar-refractivity contribution < 1.29 is 14.3 Å². The summed E-state index contributed by atoms with van der Waals surface area (Å²) in [5.74, 6) is -0.533. The SMILES string of the molecule is COC(=O)[C@H](C)NC(=O)Nc1cc(Cl)cc(Cl)c1. The smallest absolute Gasteiger partial charge is 0.328 e. The molecule has 2 N–H and O–H groups in total. The first kappa shape index (κ1) is 14.6. The third-order valence-corrected chi connectivity index (χ3v) is 2.46. The molecular formula is C11H12Cl2N2O3. The molecule has 1 aromatic carbocycles. The quantitative estimate of drug-likeness (QED) is 0.841. The molecular weight excluding hydrogens is 279 g/mol. The first-order chi connectivity index (χ1) is 8.42. The molecule has 0 bridgehead atoms. The number of amides is 2. The molecule has 0 saturated heterocycles. The van der Waals surface area contributed by atoms with E-state index in [9.17, 15) is 9.59 Å². The van der Waals surface area contributed by atoms with Crippen molar-refractivity contribution in [1.29, 1.82) is 0 Å². The third kappa shape index (κ3) is 4.43. The molecule has 0 spiro atoms. The lowest BCUT2D eigenvalue weighted by molar-refractivity contribution is -0.142. The van der Waals surface area contributed by atoms with E-state index >= 15 is 0 Å². The number of hydrogen-bond donors (Lipinski definition) is 2. The predicted molar refractivity (Wildman–Crippen MR) is 70.1 cm³/mol. The molecule has 0 radical (unpaired) electrons. The van der Waals surface area contributed by atoms with Gasteiger partial charge in [-0.25, -0.2) is 9.59 Å². The Morgan fingerprint density at radius 1 is 1.22 bits per heavy atom. The van der Waals surface area contributed by atoms with E-state index in [1.807, 2.05) is 0 Å². The molecule has 1 aromatic rings. The molecule has 1 atom stereocenters. The van der Waals surface area contributed by atoms with Crippen molar-refractivity contribution in [2.24, 2.45) is 0 Å². The first-order valence-electron chi connectivity index (χ1n) is 5.04. The number of esters is 1. The Bertz CT molecular complexity index is 445. The van der Waals surface area contributed by atoms with Gasteiger partial charge in [0, 0.05) is 15.7 Å². The van der Waals surface area contributed by atoms with Crippen molar-refractivity contribution in [3.05, 3.63) is 28.2 Å². The number of carbonyl (C=O) groups excluding carboxylic acids is 2. The van der Waals surface area contributed by atoms with Crippen LogP contribution in [-0.2, 0) is 9.53 Å². The maximum atomic E-state index is 11.5. The summed E-state index contributed by atoms with van der Waals surface area (Å²) in [6.45, 7) is 1.51. The number of halogens is 2. The summed E-state index contributed by atoms with van der Waals surface area (Å²) in [6, 6.07) is 3.32. The topological polar surface area (TPSA) is 67.4 Å². The summed E-state index contributed by atoms with van der Waals surface area (Å²) >= 11 is 11.6. The van der Waals surface area contributed by atoms with Crippen LogP contribution in [-0.4, -0.2) is 25.2 Å². The van der Waals surface area contributed by atoms with Crippen LogP contribution in [0.25, 0.3) is 0 Å². The molecule has 7 heteroatoms. The fraction of sp³-hybridized carbons (Fsp3) is 0.273. The van der Waals surface area contributed by atoms with Gasteiger partial charge in [-0.2, -0.15) is 0 Å². The van der Waals surface area contributed by atoms with Crippen molar-refractivity contribution in [1.82, 2.24) is 5.32 Å². The monoisotopic (exact) mass is 290 g/mol. The van der Waals surface area contributed by atoms with E-state index < -0.39 is 18.0 Å². The fourth-order valence-electron chi connectivity index (χ4n) is 1.23. The standard InChI is InChI=1S/C11H12Cl2N2O3/c1-6(10(16)18-2)14-11(17)15-9-4-7(12)3-8(13)5-9/h3-6H,1-2H3,(H2,14,15,17)/t6-/m0/s1. The van der Waals surface area contributed by atoms with Gasteiger partial charge in [-0.15, -0.1) is 0 Å². The van der Waals surface area contributed by atoms with E-state index in [4.69, 9.17) is 23.2 Å². The van der Waals surface area contributed by atoms with E-state index in [-0.39, 0.29) is 0 Å². The lowest BCUT2D eigenvalue weighted by atomic mass is 10.3. The Morgan fingerprint density at radius 3 is 2.28 bits per heavy atom. The summed E-state index contributed by atoms with van der Waals surface area (Å²) < 4.78 is 4.48. The maximum absolute atomic E-state index is 11.5. The molecule has 0 aliphatic heterocycles. The van der Waals surface area contributed by atoms with Gasteiger partial charge in [0.2, 0.25) is 0 Å². The summed E-state index contributed by atoms with van der Waals surface area (Å²) in [5.41, 5.74) is 0.432. The summed E-state index contributed by atoms with van der Waals surface area (Å²) in [5, 5.41) is 5.72. The number of ether oxygens (including phenoxy) is 1. The van der Waals surface area contributed by atoms with Crippen molar-refractivity contribution in [3.8, 4) is 0 Å². The Hall–Kier alpha value is -1.46. The van der Waals surface area contributed by atoms with E-state index in [0.29, 0.717) is 15.7 Å². The lowest BCUT2D eigenvalue weighted by Crippen LogP contribution is -2.41. The van der Waals surface area contributed by atoms with Crippen LogP contribution in [0.15, 0.2) is 18.2 Å². The Labute approximate surface area is 114 Å². The number of anilines is 1. The average molecular weight is 291 g/mol. The van der Waals surface area contributed by atoms with E-state index in [2.05, 4.69) is 15.4 Å². The predicted octanol–water partition coefficient (Wildman–Crippen LogP) is 2.68. The minimum absolute atomic E-state index is 0.402. The van der Waals surface area contributed by atoms with Crippen molar-refractivity contribution >= 4 is 40.9 Å². The summed E-state index contributed by atoms with van der Waals surface area (Å²) in [4.78, 5) is 22.7. The second-order valence-electron chi connectivity index (χ2n) is 3.50. The molecule has 98 valence electrons. The van der Waals surface area contributed by atoms with Crippen LogP contribution in [0.4, 0.5) is 10.5 Å². The molecule has 0 aliphatic rings. The van der Waals surface area contributed by atoms with Crippen LogP contribution in [0.1, 0.15) is 6.92 Å². The van der Waals surface area contributed by atoms with Crippen LogP contribution >= 0.6 is 23.2 Å². The zero-order valence-electron chi connectivity index (χ0n) is 9.79. The number of carbonyl (C=O) groups is 2. The van der Waals surface area contributed by atoms with Gasteiger partial charge in [0.25, 0.3) is 0 Å². The van der Waals surface area contributed by atoms with Crippen LogP contribution in [0.3, 0.4) is 0 Å². The Kier molecular flexibility index (Phi) is 5.25. The fourth-order valence-corrected chi connectivity index (χ4v) is 1.75. The molecule has 0 aliphatic carbocycles. The van der Waals surface area contributed by atoms with Crippen molar-refractivity contribution in [2.45, 2.75) is 13.0 Å². The zero-order valence-corrected chi connectivity index (χ0v) is 11.3. The van der Waals surface area contributed by atoms with Gasteiger partial charge in [0.15, 0.2) is 0 Å². The van der Waals surface area contributed by atoms with E-state index in [0.717, 1.165) is 0 Å². The van der Waals surface area contributed by atoms with Crippen molar-refractivity contribution in [2.75, 3.05) is 12.4 Å². The number of rotatable bonds is 3. The molecule has 0 unspecified atom stereocenters. The normalized spacial score (nSPS) is 11.6. The van der Waals surface area contributed by atoms with Crippen LogP contribution in [0.5, 0.6) is 0 Å². The van der Waals surface area contributed by atoms with Crippen LogP contribution in [0.2, 0.25) is 10.0 Å². The number of methoxy groups -OCH3 is 1. The van der Waals surface area contributed by atoms with Gasteiger partial charge >= 0.3 is 12.0 Å². The molecule has 2 amide bonds. The minimum atomic E-state index is -0.746. The molecule has 0 saturated carbocycles. The van der Waals surface area contributed by atoms with Crippen molar-refractivity contribution in [3.63, 3.8) is 0 Å². The Morgan fingerprint density at radius 2 is 1.78 bits per heavy atom. The second kappa shape index (κ2) is 6.47. The molecule has 1 rings (SSSR count). The van der Waals surface area contributed by atoms with Crippen LogP contribution in [0, 0.1) is 0 Å². The Balaban J connectivity index is 2.62. The minimum Gasteiger partial charge on any atom is -0.467 e. The number of urea groups is 1. The molecule has 5 nitrogen and oxygen atoms in total. The van der Waals surface area contributed by atoms with Gasteiger partial charge < -0.3 is 15.4 Å². The van der Waals surface area contributed by atoms with Gasteiger partial charge in [0.05, 0.1) is 7.11 Å². The average Bonchev–Trinajstić information content (AvgIpc) is 2.25. The molecule has 0 heterocycles.